The quantitative estimate of drug-likeness (QED) is 0.802. The molecule has 0 aromatic heterocycles. The van der Waals surface area contributed by atoms with E-state index in [4.69, 9.17) is 5.11 Å². The number of rotatable bonds is 6. The molecule has 96 valence electrons. The number of sulfonamides is 1. The van der Waals surface area contributed by atoms with Gasteiger partial charge in [0.25, 0.3) is 0 Å². The van der Waals surface area contributed by atoms with E-state index in [1.165, 1.54) is 0 Å². The van der Waals surface area contributed by atoms with Crippen molar-refractivity contribution in [1.82, 2.24) is 4.72 Å². The van der Waals surface area contributed by atoms with Crippen molar-refractivity contribution in [1.29, 1.82) is 0 Å². The third-order valence-corrected chi connectivity index (χ3v) is 3.96. The van der Waals surface area contributed by atoms with Crippen molar-refractivity contribution in [2.24, 2.45) is 0 Å². The maximum atomic E-state index is 11.5. The van der Waals surface area contributed by atoms with Gasteiger partial charge in [0.15, 0.2) is 0 Å². The Morgan fingerprint density at radius 3 is 2.59 bits per heavy atom. The zero-order chi connectivity index (χ0) is 12.9. The fourth-order valence-corrected chi connectivity index (χ4v) is 2.59. The van der Waals surface area contributed by atoms with Crippen molar-refractivity contribution in [3.05, 3.63) is 34.9 Å². The van der Waals surface area contributed by atoms with Gasteiger partial charge >= 0.3 is 0 Å². The lowest BCUT2D eigenvalue weighted by Crippen LogP contribution is -2.26. The molecule has 0 spiro atoms. The number of nitrogens with one attached hydrogen (secondary N) is 1. The van der Waals surface area contributed by atoms with E-state index < -0.39 is 10.0 Å². The van der Waals surface area contributed by atoms with Crippen LogP contribution in [-0.2, 0) is 16.6 Å². The molecule has 4 nitrogen and oxygen atoms in total. The second-order valence-electron chi connectivity index (χ2n) is 4.15. The minimum Gasteiger partial charge on any atom is -0.396 e. The van der Waals surface area contributed by atoms with E-state index in [1.54, 1.807) is 0 Å². The van der Waals surface area contributed by atoms with Crippen molar-refractivity contribution in [2.75, 3.05) is 12.4 Å². The number of aryl methyl sites for hydroxylation is 2. The molecule has 1 aromatic carbocycles. The Kier molecular flexibility index (Phi) is 5.11. The van der Waals surface area contributed by atoms with Gasteiger partial charge in [-0.15, -0.1) is 0 Å². The first-order valence-electron chi connectivity index (χ1n) is 5.59. The van der Waals surface area contributed by atoms with E-state index in [1.807, 2.05) is 32.0 Å². The van der Waals surface area contributed by atoms with Crippen molar-refractivity contribution >= 4 is 10.0 Å². The minimum atomic E-state index is -3.28. The largest absolute Gasteiger partial charge is 0.396 e. The number of aliphatic hydroxyl groups is 1. The molecule has 0 unspecified atom stereocenters. The molecule has 2 N–H and O–H groups in total. The fraction of sp³-hybridized carbons (Fsp3) is 0.500. The molecule has 1 rings (SSSR count). The zero-order valence-corrected chi connectivity index (χ0v) is 11.0. The predicted molar refractivity (Wildman–Crippen MR) is 68.2 cm³/mol. The smallest absolute Gasteiger partial charge is 0.211 e. The first kappa shape index (κ1) is 14.2. The lowest BCUT2D eigenvalue weighted by molar-refractivity contribution is 0.295. The summed E-state index contributed by atoms with van der Waals surface area (Å²) >= 11 is 0. The van der Waals surface area contributed by atoms with Crippen LogP contribution in [0, 0.1) is 13.8 Å². The average Bonchev–Trinajstić information content (AvgIpc) is 2.25. The molecule has 1 aromatic rings. The third-order valence-electron chi connectivity index (χ3n) is 2.55. The molecule has 0 bridgehead atoms. The first-order valence-corrected chi connectivity index (χ1v) is 7.24. The van der Waals surface area contributed by atoms with Gasteiger partial charge in [0.2, 0.25) is 10.0 Å². The van der Waals surface area contributed by atoms with Crippen LogP contribution in [0.15, 0.2) is 18.2 Å². The van der Waals surface area contributed by atoms with E-state index in [2.05, 4.69) is 4.72 Å². The summed E-state index contributed by atoms with van der Waals surface area (Å²) in [5, 5.41) is 8.60. The molecule has 0 aliphatic heterocycles. The van der Waals surface area contributed by atoms with Crippen molar-refractivity contribution in [2.45, 2.75) is 26.8 Å². The Morgan fingerprint density at radius 1 is 1.29 bits per heavy atom. The van der Waals surface area contributed by atoms with Crippen LogP contribution >= 0.6 is 0 Å². The van der Waals surface area contributed by atoms with Gasteiger partial charge in [-0.3, -0.25) is 0 Å². The molecule has 0 aliphatic rings. The van der Waals surface area contributed by atoms with Crippen LogP contribution in [-0.4, -0.2) is 25.9 Å². The lowest BCUT2D eigenvalue weighted by Gasteiger charge is -2.09. The molecule has 0 saturated carbocycles. The number of hydrogen-bond donors (Lipinski definition) is 2. The Morgan fingerprint density at radius 2 is 2.00 bits per heavy atom. The Balaban J connectivity index is 2.61. The topological polar surface area (TPSA) is 66.4 Å². The summed E-state index contributed by atoms with van der Waals surface area (Å²) in [5.74, 6) is -0.0333. The monoisotopic (exact) mass is 257 g/mol. The van der Waals surface area contributed by atoms with Gasteiger partial charge < -0.3 is 5.11 Å². The number of aliphatic hydroxyl groups excluding tert-OH is 1. The van der Waals surface area contributed by atoms with Crippen molar-refractivity contribution in [3.8, 4) is 0 Å². The maximum Gasteiger partial charge on any atom is 0.211 e. The van der Waals surface area contributed by atoms with Crippen LogP contribution in [0.3, 0.4) is 0 Å². The summed E-state index contributed by atoms with van der Waals surface area (Å²) in [6.07, 6.45) is 0.266. The molecule has 0 aliphatic carbocycles. The van der Waals surface area contributed by atoms with E-state index in [0.717, 1.165) is 16.7 Å². The van der Waals surface area contributed by atoms with Crippen LogP contribution in [0.1, 0.15) is 23.1 Å². The molecule has 0 radical (unpaired) electrons. The lowest BCUT2D eigenvalue weighted by atomic mass is 10.1. The first-order chi connectivity index (χ1) is 7.94. The highest BCUT2D eigenvalue weighted by Gasteiger charge is 2.09. The minimum absolute atomic E-state index is 0.0333. The van der Waals surface area contributed by atoms with Gasteiger partial charge in [0, 0.05) is 13.2 Å². The summed E-state index contributed by atoms with van der Waals surface area (Å²) in [6, 6.07) is 5.92. The highest BCUT2D eigenvalue weighted by Crippen LogP contribution is 2.10. The van der Waals surface area contributed by atoms with Crippen LogP contribution < -0.4 is 4.72 Å². The molecule has 0 saturated heterocycles. The summed E-state index contributed by atoms with van der Waals surface area (Å²) < 4.78 is 25.6. The second kappa shape index (κ2) is 6.14. The van der Waals surface area contributed by atoms with Gasteiger partial charge in [-0.05, 0) is 31.4 Å². The van der Waals surface area contributed by atoms with Gasteiger partial charge in [0.1, 0.15) is 0 Å². The maximum absolute atomic E-state index is 11.5. The van der Waals surface area contributed by atoms with Crippen LogP contribution in [0.4, 0.5) is 0 Å². The zero-order valence-electron chi connectivity index (χ0n) is 10.2. The van der Waals surface area contributed by atoms with Crippen molar-refractivity contribution < 1.29 is 13.5 Å². The molecule has 0 atom stereocenters. The van der Waals surface area contributed by atoms with E-state index in [0.29, 0.717) is 6.54 Å². The molecule has 5 heteroatoms. The molecule has 0 amide bonds. The van der Waals surface area contributed by atoms with Crippen LogP contribution in [0.25, 0.3) is 0 Å². The molecular weight excluding hydrogens is 238 g/mol. The van der Waals surface area contributed by atoms with Gasteiger partial charge in [0.05, 0.1) is 5.75 Å². The Hall–Kier alpha value is -0.910. The number of hydrogen-bond acceptors (Lipinski definition) is 3. The summed E-state index contributed by atoms with van der Waals surface area (Å²) in [5.41, 5.74) is 3.22. The summed E-state index contributed by atoms with van der Waals surface area (Å²) in [7, 11) is -3.28. The SMILES string of the molecule is Cc1ccc(CNS(=O)(=O)CCCO)c(C)c1. The highest BCUT2D eigenvalue weighted by atomic mass is 32.2. The number of benzene rings is 1. The van der Waals surface area contributed by atoms with Crippen LogP contribution in [0.5, 0.6) is 0 Å². The summed E-state index contributed by atoms with van der Waals surface area (Å²) in [4.78, 5) is 0. The molecule has 0 heterocycles. The van der Waals surface area contributed by atoms with Crippen molar-refractivity contribution in [3.63, 3.8) is 0 Å². The summed E-state index contributed by atoms with van der Waals surface area (Å²) in [6.45, 7) is 4.16. The molecule has 0 fully saturated rings. The predicted octanol–water partition coefficient (Wildman–Crippen LogP) is 1.11. The van der Waals surface area contributed by atoms with Gasteiger partial charge in [-0.25, -0.2) is 13.1 Å². The van der Waals surface area contributed by atoms with E-state index in [-0.39, 0.29) is 18.8 Å². The average molecular weight is 257 g/mol. The molecule has 17 heavy (non-hydrogen) atoms. The Bertz CT molecular complexity index is 469. The van der Waals surface area contributed by atoms with Gasteiger partial charge in [-0.1, -0.05) is 23.8 Å². The van der Waals surface area contributed by atoms with Gasteiger partial charge in [-0.2, -0.15) is 0 Å². The highest BCUT2D eigenvalue weighted by molar-refractivity contribution is 7.89. The Labute approximate surface area is 103 Å². The standard InChI is InChI=1S/C12H19NO3S/c1-10-4-5-12(11(2)8-10)9-13-17(15,16)7-3-6-14/h4-5,8,13-14H,3,6-7,9H2,1-2H3. The molecular formula is C12H19NO3S. The third kappa shape index (κ3) is 4.85. The second-order valence-corrected chi connectivity index (χ2v) is 6.07. The fourth-order valence-electron chi connectivity index (χ4n) is 1.56. The van der Waals surface area contributed by atoms with E-state index >= 15 is 0 Å². The van der Waals surface area contributed by atoms with E-state index in [9.17, 15) is 8.42 Å². The normalized spacial score (nSPS) is 11.7. The van der Waals surface area contributed by atoms with Crippen LogP contribution in [0.2, 0.25) is 0 Å².